The molecule has 3 nitrogen and oxygen atoms in total. The minimum Gasteiger partial charge on any atom is -0.491 e. The molecule has 0 saturated carbocycles. The Morgan fingerprint density at radius 3 is 2.43 bits per heavy atom. The number of hydrogen-bond acceptors (Lipinski definition) is 3. The first-order valence-corrected chi connectivity index (χ1v) is 8.12. The van der Waals surface area contributed by atoms with Crippen molar-refractivity contribution >= 4 is 0 Å². The highest BCUT2D eigenvalue weighted by atomic mass is 16.5. The van der Waals surface area contributed by atoms with Gasteiger partial charge in [-0.05, 0) is 65.2 Å². The smallest absolute Gasteiger partial charge is 0.120 e. The molecule has 0 amide bonds. The Labute approximate surface area is 129 Å². The lowest BCUT2D eigenvalue weighted by molar-refractivity contribution is -0.0433. The number of hydrogen-bond donors (Lipinski definition) is 1. The van der Waals surface area contributed by atoms with Crippen LogP contribution in [-0.2, 0) is 4.74 Å². The van der Waals surface area contributed by atoms with E-state index in [1.165, 1.54) is 5.56 Å². The van der Waals surface area contributed by atoms with Crippen LogP contribution in [0.2, 0.25) is 0 Å². The molecule has 1 aromatic carbocycles. The van der Waals surface area contributed by atoms with Gasteiger partial charge >= 0.3 is 0 Å². The largest absolute Gasteiger partial charge is 0.491 e. The van der Waals surface area contributed by atoms with Crippen molar-refractivity contribution in [1.29, 1.82) is 0 Å². The van der Waals surface area contributed by atoms with Crippen LogP contribution in [0.15, 0.2) is 24.3 Å². The molecule has 1 N–H and O–H groups in total. The molecule has 118 valence electrons. The third-order valence-corrected chi connectivity index (χ3v) is 3.91. The fraction of sp³-hybridized carbons (Fsp3) is 0.667. The van der Waals surface area contributed by atoms with Gasteiger partial charge in [0.2, 0.25) is 0 Å². The van der Waals surface area contributed by atoms with E-state index in [4.69, 9.17) is 9.47 Å². The highest BCUT2D eigenvalue weighted by Gasteiger charge is 2.25. The second-order valence-electron chi connectivity index (χ2n) is 6.55. The Bertz CT molecular complexity index is 437. The first-order chi connectivity index (χ1) is 9.94. The van der Waals surface area contributed by atoms with Crippen LogP contribution in [0.5, 0.6) is 5.75 Å². The molecule has 3 unspecified atom stereocenters. The quantitative estimate of drug-likeness (QED) is 0.886. The Kier molecular flexibility index (Phi) is 5.65. The van der Waals surface area contributed by atoms with E-state index < -0.39 is 0 Å². The molecule has 1 heterocycles. The summed E-state index contributed by atoms with van der Waals surface area (Å²) in [6.45, 7) is 10.6. The van der Waals surface area contributed by atoms with Gasteiger partial charge in [-0.15, -0.1) is 0 Å². The summed E-state index contributed by atoms with van der Waals surface area (Å²) in [6, 6.07) is 9.24. The molecule has 1 aliphatic rings. The molecule has 1 aromatic rings. The predicted molar refractivity (Wildman–Crippen MR) is 86.8 cm³/mol. The average molecular weight is 291 g/mol. The molecule has 0 aromatic heterocycles. The van der Waals surface area contributed by atoms with Crippen molar-refractivity contribution < 1.29 is 9.47 Å². The summed E-state index contributed by atoms with van der Waals surface area (Å²) in [5, 5.41) is 3.74. The Morgan fingerprint density at radius 2 is 1.81 bits per heavy atom. The number of nitrogens with one attached hydrogen (secondary N) is 1. The van der Waals surface area contributed by atoms with Crippen molar-refractivity contribution in [3.63, 3.8) is 0 Å². The minimum atomic E-state index is 0.209. The SMILES string of the molecule is CC(C)Oc1cccc(C(C)NC2CC(C)OC(C)C2)c1. The Morgan fingerprint density at radius 1 is 1.14 bits per heavy atom. The standard InChI is InChI=1S/C18H29NO2/c1-12(2)20-18-8-6-7-16(11-18)15(5)19-17-9-13(3)21-14(4)10-17/h6-8,11-15,17,19H,9-10H2,1-5H3. The van der Waals surface area contributed by atoms with Crippen molar-refractivity contribution in [3.8, 4) is 5.75 Å². The first kappa shape index (κ1) is 16.3. The first-order valence-electron chi connectivity index (χ1n) is 8.12. The molecule has 1 aliphatic heterocycles. The van der Waals surface area contributed by atoms with Gasteiger partial charge in [-0.1, -0.05) is 12.1 Å². The third-order valence-electron chi connectivity index (χ3n) is 3.91. The second-order valence-corrected chi connectivity index (χ2v) is 6.55. The molecule has 0 bridgehead atoms. The summed E-state index contributed by atoms with van der Waals surface area (Å²) >= 11 is 0. The molecule has 0 radical (unpaired) electrons. The fourth-order valence-corrected chi connectivity index (χ4v) is 3.12. The van der Waals surface area contributed by atoms with E-state index in [2.05, 4.69) is 58.1 Å². The molecule has 0 spiro atoms. The number of benzene rings is 1. The lowest BCUT2D eigenvalue weighted by Gasteiger charge is -2.34. The minimum absolute atomic E-state index is 0.209. The van der Waals surface area contributed by atoms with Gasteiger partial charge in [0.05, 0.1) is 18.3 Å². The van der Waals surface area contributed by atoms with Gasteiger partial charge in [-0.3, -0.25) is 0 Å². The van der Waals surface area contributed by atoms with E-state index in [-0.39, 0.29) is 6.10 Å². The fourth-order valence-electron chi connectivity index (χ4n) is 3.12. The van der Waals surface area contributed by atoms with E-state index >= 15 is 0 Å². The third kappa shape index (κ3) is 5.01. The van der Waals surface area contributed by atoms with Crippen molar-refractivity contribution in [2.75, 3.05) is 0 Å². The van der Waals surface area contributed by atoms with Gasteiger partial charge < -0.3 is 14.8 Å². The van der Waals surface area contributed by atoms with Crippen LogP contribution >= 0.6 is 0 Å². The molecule has 1 fully saturated rings. The summed E-state index contributed by atoms with van der Waals surface area (Å²) < 4.78 is 11.6. The van der Waals surface area contributed by atoms with Gasteiger partial charge in [-0.25, -0.2) is 0 Å². The van der Waals surface area contributed by atoms with Gasteiger partial charge in [-0.2, -0.15) is 0 Å². The normalized spacial score (nSPS) is 27.6. The topological polar surface area (TPSA) is 30.5 Å². The average Bonchev–Trinajstić information content (AvgIpc) is 2.36. The van der Waals surface area contributed by atoms with Crippen LogP contribution in [-0.4, -0.2) is 24.4 Å². The summed E-state index contributed by atoms with van der Waals surface area (Å²) in [4.78, 5) is 0. The molecule has 2 rings (SSSR count). The van der Waals surface area contributed by atoms with E-state index in [1.54, 1.807) is 0 Å². The lowest BCUT2D eigenvalue weighted by atomic mass is 9.98. The monoisotopic (exact) mass is 291 g/mol. The number of rotatable bonds is 5. The summed E-state index contributed by atoms with van der Waals surface area (Å²) in [5.74, 6) is 0.949. The van der Waals surface area contributed by atoms with E-state index in [1.807, 2.05) is 6.07 Å². The summed E-state index contributed by atoms with van der Waals surface area (Å²) in [7, 11) is 0. The molecular formula is C18H29NO2. The zero-order valence-corrected chi connectivity index (χ0v) is 13.9. The van der Waals surface area contributed by atoms with Crippen molar-refractivity contribution in [1.82, 2.24) is 5.32 Å². The Hall–Kier alpha value is -1.06. The van der Waals surface area contributed by atoms with Gasteiger partial charge in [0.1, 0.15) is 5.75 Å². The predicted octanol–water partition coefficient (Wildman–Crippen LogP) is 4.08. The number of ether oxygens (including phenoxy) is 2. The van der Waals surface area contributed by atoms with Crippen LogP contribution in [0.3, 0.4) is 0 Å². The second kappa shape index (κ2) is 7.28. The van der Waals surface area contributed by atoms with Crippen LogP contribution in [0.1, 0.15) is 59.1 Å². The maximum absolute atomic E-state index is 5.81. The molecule has 3 atom stereocenters. The van der Waals surface area contributed by atoms with Crippen LogP contribution in [0, 0.1) is 0 Å². The maximum atomic E-state index is 5.81. The summed E-state index contributed by atoms with van der Waals surface area (Å²) in [5.41, 5.74) is 1.28. The highest BCUT2D eigenvalue weighted by molar-refractivity contribution is 5.30. The van der Waals surface area contributed by atoms with Gasteiger partial charge in [0.25, 0.3) is 0 Å². The molecular weight excluding hydrogens is 262 g/mol. The van der Waals surface area contributed by atoms with Crippen molar-refractivity contribution in [2.45, 2.75) is 77.9 Å². The van der Waals surface area contributed by atoms with E-state index in [0.717, 1.165) is 18.6 Å². The van der Waals surface area contributed by atoms with Crippen molar-refractivity contribution in [2.24, 2.45) is 0 Å². The van der Waals surface area contributed by atoms with E-state index in [0.29, 0.717) is 24.3 Å². The van der Waals surface area contributed by atoms with Gasteiger partial charge in [0.15, 0.2) is 0 Å². The highest BCUT2D eigenvalue weighted by Crippen LogP contribution is 2.24. The molecule has 0 aliphatic carbocycles. The van der Waals surface area contributed by atoms with Crippen LogP contribution < -0.4 is 10.1 Å². The lowest BCUT2D eigenvalue weighted by Crippen LogP contribution is -2.42. The van der Waals surface area contributed by atoms with Crippen LogP contribution in [0.25, 0.3) is 0 Å². The molecule has 3 heteroatoms. The maximum Gasteiger partial charge on any atom is 0.120 e. The molecule has 1 saturated heterocycles. The van der Waals surface area contributed by atoms with Gasteiger partial charge in [0, 0.05) is 12.1 Å². The zero-order chi connectivity index (χ0) is 15.4. The van der Waals surface area contributed by atoms with Crippen LogP contribution in [0.4, 0.5) is 0 Å². The summed E-state index contributed by atoms with van der Waals surface area (Å²) in [6.07, 6.45) is 3.05. The molecule has 21 heavy (non-hydrogen) atoms. The Balaban J connectivity index is 1.97. The zero-order valence-electron chi connectivity index (χ0n) is 13.9. The van der Waals surface area contributed by atoms with Crippen molar-refractivity contribution in [3.05, 3.63) is 29.8 Å². The van der Waals surface area contributed by atoms with E-state index in [9.17, 15) is 0 Å².